The number of rotatable bonds is 4. The molecule has 0 spiro atoms. The minimum absolute atomic E-state index is 0.0742. The van der Waals surface area contributed by atoms with Gasteiger partial charge in [0.1, 0.15) is 4.90 Å². The van der Waals surface area contributed by atoms with E-state index in [1.165, 1.54) is 6.07 Å². The van der Waals surface area contributed by atoms with E-state index in [1.807, 2.05) is 54.6 Å². The predicted molar refractivity (Wildman–Crippen MR) is 93.0 cm³/mol. The van der Waals surface area contributed by atoms with E-state index in [0.717, 1.165) is 16.8 Å². The van der Waals surface area contributed by atoms with Gasteiger partial charge in [0.25, 0.3) is 0 Å². The lowest BCUT2D eigenvalue weighted by Crippen LogP contribution is -2.14. The molecule has 0 saturated carbocycles. The lowest BCUT2D eigenvalue weighted by Gasteiger charge is -2.12. The van der Waals surface area contributed by atoms with Gasteiger partial charge in [-0.1, -0.05) is 54.6 Å². The van der Waals surface area contributed by atoms with Crippen LogP contribution in [0.25, 0.3) is 11.1 Å². The maximum absolute atomic E-state index is 11.7. The number of primary sulfonamides is 1. The first-order valence-electron chi connectivity index (χ1n) is 7.08. The fraction of sp³-hybridized carbons (Fsp3) is 0. The Labute approximate surface area is 135 Å². The second kappa shape index (κ2) is 6.24. The van der Waals surface area contributed by atoms with Crippen LogP contribution >= 0.6 is 0 Å². The fourth-order valence-corrected chi connectivity index (χ4v) is 3.07. The number of hydrogen-bond donors (Lipinski definition) is 2. The molecule has 0 heterocycles. The number of benzene rings is 3. The third kappa shape index (κ3) is 3.59. The number of sulfonamides is 1. The van der Waals surface area contributed by atoms with Crippen molar-refractivity contribution >= 4 is 21.4 Å². The van der Waals surface area contributed by atoms with E-state index in [-0.39, 0.29) is 4.90 Å². The Morgan fingerprint density at radius 2 is 1.39 bits per heavy atom. The van der Waals surface area contributed by atoms with Gasteiger partial charge in [-0.05, 0) is 35.4 Å². The van der Waals surface area contributed by atoms with Crippen molar-refractivity contribution in [3.05, 3.63) is 78.9 Å². The van der Waals surface area contributed by atoms with E-state index >= 15 is 0 Å². The van der Waals surface area contributed by atoms with Crippen molar-refractivity contribution in [2.45, 2.75) is 4.90 Å². The van der Waals surface area contributed by atoms with Crippen LogP contribution < -0.4 is 10.5 Å². The Kier molecular flexibility index (Phi) is 4.14. The summed E-state index contributed by atoms with van der Waals surface area (Å²) in [6.07, 6.45) is 0. The highest BCUT2D eigenvalue weighted by Gasteiger charge is 2.13. The summed E-state index contributed by atoms with van der Waals surface area (Å²) in [4.78, 5) is 0.0742. The Bertz CT molecular complexity index is 923. The summed E-state index contributed by atoms with van der Waals surface area (Å²) >= 11 is 0. The molecule has 116 valence electrons. The quantitative estimate of drug-likeness (QED) is 0.768. The summed E-state index contributed by atoms with van der Waals surface area (Å²) in [7, 11) is -3.78. The molecule has 0 aliphatic carbocycles. The first kappa shape index (κ1) is 15.3. The van der Waals surface area contributed by atoms with Crippen molar-refractivity contribution in [3.63, 3.8) is 0 Å². The van der Waals surface area contributed by atoms with E-state index in [9.17, 15) is 8.42 Å². The summed E-state index contributed by atoms with van der Waals surface area (Å²) in [5.74, 6) is 0. The van der Waals surface area contributed by atoms with E-state index in [2.05, 4.69) is 5.32 Å². The first-order chi connectivity index (χ1) is 11.0. The van der Waals surface area contributed by atoms with Crippen molar-refractivity contribution in [2.75, 3.05) is 5.32 Å². The van der Waals surface area contributed by atoms with Crippen LogP contribution in [0.1, 0.15) is 0 Å². The van der Waals surface area contributed by atoms with Crippen LogP contribution in [-0.2, 0) is 10.0 Å². The Morgan fingerprint density at radius 3 is 2.13 bits per heavy atom. The molecule has 3 aromatic carbocycles. The van der Waals surface area contributed by atoms with E-state index < -0.39 is 10.0 Å². The lowest BCUT2D eigenvalue weighted by molar-refractivity contribution is 0.598. The Hall–Kier alpha value is -2.63. The van der Waals surface area contributed by atoms with Crippen molar-refractivity contribution in [1.82, 2.24) is 0 Å². The van der Waals surface area contributed by atoms with Crippen LogP contribution in [0.5, 0.6) is 0 Å². The maximum atomic E-state index is 11.7. The van der Waals surface area contributed by atoms with Gasteiger partial charge >= 0.3 is 0 Å². The lowest BCUT2D eigenvalue weighted by atomic mass is 10.1. The van der Waals surface area contributed by atoms with Gasteiger partial charge in [0.2, 0.25) is 10.0 Å². The Morgan fingerprint density at radius 1 is 0.739 bits per heavy atom. The molecule has 0 atom stereocenters. The second-order valence-corrected chi connectivity index (χ2v) is 6.64. The number of para-hydroxylation sites is 1. The summed E-state index contributed by atoms with van der Waals surface area (Å²) in [6.45, 7) is 0. The second-order valence-electron chi connectivity index (χ2n) is 5.11. The highest BCUT2D eigenvalue weighted by atomic mass is 32.2. The van der Waals surface area contributed by atoms with Crippen LogP contribution in [0, 0.1) is 0 Å². The third-order valence-electron chi connectivity index (χ3n) is 3.44. The third-order valence-corrected chi connectivity index (χ3v) is 4.41. The van der Waals surface area contributed by atoms with Crippen molar-refractivity contribution in [1.29, 1.82) is 0 Å². The standard InChI is InChI=1S/C18H16N2O2S/c19-23(21,22)18-12-5-4-11-17(18)20-16-10-6-9-15(13-16)14-7-2-1-3-8-14/h1-13,20H,(H2,19,21,22). The van der Waals surface area contributed by atoms with E-state index in [1.54, 1.807) is 18.2 Å². The minimum atomic E-state index is -3.78. The molecule has 0 aliphatic heterocycles. The average molecular weight is 324 g/mol. The molecule has 0 aromatic heterocycles. The van der Waals surface area contributed by atoms with Crippen molar-refractivity contribution in [3.8, 4) is 11.1 Å². The summed E-state index contributed by atoms with van der Waals surface area (Å²) in [5, 5.41) is 8.39. The molecule has 23 heavy (non-hydrogen) atoms. The smallest absolute Gasteiger partial charge is 0.240 e. The molecule has 3 rings (SSSR count). The maximum Gasteiger partial charge on any atom is 0.240 e. The van der Waals surface area contributed by atoms with E-state index in [4.69, 9.17) is 5.14 Å². The fourth-order valence-electron chi connectivity index (χ4n) is 2.38. The highest BCUT2D eigenvalue weighted by Crippen LogP contribution is 2.27. The molecule has 0 saturated heterocycles. The van der Waals surface area contributed by atoms with Gasteiger partial charge in [-0.3, -0.25) is 0 Å². The Balaban J connectivity index is 1.97. The van der Waals surface area contributed by atoms with Gasteiger partial charge in [0.05, 0.1) is 5.69 Å². The number of nitrogens with one attached hydrogen (secondary N) is 1. The van der Waals surface area contributed by atoms with Crippen LogP contribution in [0.3, 0.4) is 0 Å². The molecule has 4 nitrogen and oxygen atoms in total. The molecule has 0 radical (unpaired) electrons. The molecule has 0 bridgehead atoms. The van der Waals surface area contributed by atoms with Gasteiger partial charge in [-0.15, -0.1) is 0 Å². The molecule has 0 amide bonds. The zero-order valence-electron chi connectivity index (χ0n) is 12.3. The zero-order chi connectivity index (χ0) is 16.3. The molecule has 0 fully saturated rings. The van der Waals surface area contributed by atoms with Gasteiger partial charge in [0.15, 0.2) is 0 Å². The van der Waals surface area contributed by atoms with Crippen molar-refractivity contribution < 1.29 is 8.42 Å². The summed E-state index contributed by atoms with van der Waals surface area (Å²) in [6, 6.07) is 24.3. The summed E-state index contributed by atoms with van der Waals surface area (Å²) in [5.41, 5.74) is 3.39. The number of nitrogens with two attached hydrogens (primary N) is 1. The molecular formula is C18H16N2O2S. The normalized spacial score (nSPS) is 11.2. The van der Waals surface area contributed by atoms with Gasteiger partial charge in [0, 0.05) is 5.69 Å². The SMILES string of the molecule is NS(=O)(=O)c1ccccc1Nc1cccc(-c2ccccc2)c1. The molecule has 3 N–H and O–H groups in total. The molecule has 0 unspecified atom stereocenters. The minimum Gasteiger partial charge on any atom is -0.354 e. The van der Waals surface area contributed by atoms with Gasteiger partial charge in [-0.2, -0.15) is 0 Å². The van der Waals surface area contributed by atoms with Crippen molar-refractivity contribution in [2.24, 2.45) is 5.14 Å². The number of anilines is 2. The summed E-state index contributed by atoms with van der Waals surface area (Å²) < 4.78 is 23.3. The highest BCUT2D eigenvalue weighted by molar-refractivity contribution is 7.89. The van der Waals surface area contributed by atoms with Crippen LogP contribution in [0.4, 0.5) is 11.4 Å². The topological polar surface area (TPSA) is 72.2 Å². The van der Waals surface area contributed by atoms with Gasteiger partial charge < -0.3 is 5.32 Å². The zero-order valence-corrected chi connectivity index (χ0v) is 13.1. The van der Waals surface area contributed by atoms with Crippen LogP contribution in [0.2, 0.25) is 0 Å². The predicted octanol–water partition coefficient (Wildman–Crippen LogP) is 3.74. The van der Waals surface area contributed by atoms with Crippen LogP contribution in [-0.4, -0.2) is 8.42 Å². The average Bonchev–Trinajstić information content (AvgIpc) is 2.55. The molecule has 3 aromatic rings. The van der Waals surface area contributed by atoms with Crippen LogP contribution in [0.15, 0.2) is 83.8 Å². The molecule has 5 heteroatoms. The number of hydrogen-bond acceptors (Lipinski definition) is 3. The van der Waals surface area contributed by atoms with E-state index in [0.29, 0.717) is 5.69 Å². The first-order valence-corrected chi connectivity index (χ1v) is 8.63. The molecular weight excluding hydrogens is 308 g/mol. The monoisotopic (exact) mass is 324 g/mol. The van der Waals surface area contributed by atoms with Gasteiger partial charge in [-0.25, -0.2) is 13.6 Å². The molecule has 0 aliphatic rings. The largest absolute Gasteiger partial charge is 0.354 e.